The maximum atomic E-state index is 4.25. The Kier molecular flexibility index (Phi) is 3.84. The van der Waals surface area contributed by atoms with Crippen LogP contribution in [0.2, 0.25) is 0 Å². The van der Waals surface area contributed by atoms with Crippen molar-refractivity contribution in [2.24, 2.45) is 7.05 Å². The second-order valence-electron chi connectivity index (χ2n) is 3.70. The summed E-state index contributed by atoms with van der Waals surface area (Å²) in [5.41, 5.74) is 3.64. The lowest BCUT2D eigenvalue weighted by atomic mass is 10.1. The van der Waals surface area contributed by atoms with Gasteiger partial charge in [-0.1, -0.05) is 10.7 Å². The van der Waals surface area contributed by atoms with Crippen LogP contribution in [0.25, 0.3) is 5.69 Å². The van der Waals surface area contributed by atoms with Crippen LogP contribution in [0.4, 0.5) is 0 Å². The second-order valence-corrected chi connectivity index (χ2v) is 3.70. The fourth-order valence-corrected chi connectivity index (χ4v) is 1.59. The van der Waals surface area contributed by atoms with Crippen LogP contribution in [0.1, 0.15) is 11.1 Å². The first kappa shape index (κ1) is 12.2. The van der Waals surface area contributed by atoms with Crippen molar-refractivity contribution in [3.05, 3.63) is 42.0 Å². The second kappa shape index (κ2) is 4.74. The fraction of sp³-hybridized carbons (Fsp3) is 0.273. The van der Waals surface area contributed by atoms with Crippen molar-refractivity contribution >= 4 is 0 Å². The highest BCUT2D eigenvalue weighted by molar-refractivity contribution is 5.37. The molecule has 0 spiro atoms. The molecular formula is C11H14IN3. The number of hydrogen-bond donors (Lipinski definition) is 0. The first-order chi connectivity index (χ1) is 6.65. The predicted octanol–water partition coefficient (Wildman–Crippen LogP) is -1.68. The third-order valence-electron chi connectivity index (χ3n) is 2.12. The number of benzene rings is 1. The molecule has 0 unspecified atom stereocenters. The summed E-state index contributed by atoms with van der Waals surface area (Å²) in [5, 5.41) is 4.25. The van der Waals surface area contributed by atoms with E-state index in [1.165, 1.54) is 11.1 Å². The summed E-state index contributed by atoms with van der Waals surface area (Å²) in [7, 11) is 1.96. The molecule has 0 radical (unpaired) electrons. The average molecular weight is 315 g/mol. The predicted molar refractivity (Wildman–Crippen MR) is 54.2 cm³/mol. The van der Waals surface area contributed by atoms with Gasteiger partial charge in [0.15, 0.2) is 0 Å². The number of halogens is 1. The summed E-state index contributed by atoms with van der Waals surface area (Å²) in [4.78, 5) is 0. The highest BCUT2D eigenvalue weighted by atomic mass is 127. The molecule has 0 atom stereocenters. The minimum atomic E-state index is 0. The van der Waals surface area contributed by atoms with Gasteiger partial charge in [-0.25, -0.2) is 4.57 Å². The van der Waals surface area contributed by atoms with E-state index in [1.54, 1.807) is 6.33 Å². The molecule has 0 N–H and O–H groups in total. The van der Waals surface area contributed by atoms with Crippen LogP contribution >= 0.6 is 0 Å². The Balaban J connectivity index is 0.00000112. The Bertz CT molecular complexity index is 442. The number of aryl methyl sites for hydroxylation is 3. The molecule has 1 heterocycles. The van der Waals surface area contributed by atoms with Gasteiger partial charge in [0.25, 0.3) is 6.33 Å². The highest BCUT2D eigenvalue weighted by Gasteiger charge is 2.06. The SMILES string of the molecule is Cc1cc(C)cc(-n2c[n+](C)cn2)c1.[I-]. The number of hydrogen-bond acceptors (Lipinski definition) is 1. The topological polar surface area (TPSA) is 21.7 Å². The van der Waals surface area contributed by atoms with Crippen molar-refractivity contribution in [3.8, 4) is 5.69 Å². The van der Waals surface area contributed by atoms with Gasteiger partial charge in [0.1, 0.15) is 5.69 Å². The smallest absolute Gasteiger partial charge is 0.265 e. The number of aromatic nitrogens is 3. The summed E-state index contributed by atoms with van der Waals surface area (Å²) >= 11 is 0. The molecule has 2 rings (SSSR count). The molecule has 1 aromatic heterocycles. The summed E-state index contributed by atoms with van der Waals surface area (Å²) in [6.45, 7) is 4.19. The van der Waals surface area contributed by atoms with Crippen molar-refractivity contribution < 1.29 is 28.5 Å². The zero-order valence-electron chi connectivity index (χ0n) is 9.11. The van der Waals surface area contributed by atoms with Gasteiger partial charge >= 0.3 is 0 Å². The largest absolute Gasteiger partial charge is 1.00 e. The Morgan fingerprint density at radius 2 is 1.73 bits per heavy atom. The maximum Gasteiger partial charge on any atom is 0.265 e. The Hall–Kier alpha value is -0.910. The van der Waals surface area contributed by atoms with Crippen LogP contribution in [0, 0.1) is 13.8 Å². The molecule has 80 valence electrons. The van der Waals surface area contributed by atoms with Gasteiger partial charge in [0.05, 0.1) is 7.05 Å². The molecule has 0 saturated carbocycles. The van der Waals surface area contributed by atoms with E-state index in [-0.39, 0.29) is 24.0 Å². The van der Waals surface area contributed by atoms with E-state index in [9.17, 15) is 0 Å². The monoisotopic (exact) mass is 315 g/mol. The highest BCUT2D eigenvalue weighted by Crippen LogP contribution is 2.11. The van der Waals surface area contributed by atoms with Crippen molar-refractivity contribution in [2.45, 2.75) is 13.8 Å². The number of nitrogens with zero attached hydrogens (tertiary/aromatic N) is 3. The molecule has 0 aliphatic carbocycles. The van der Waals surface area contributed by atoms with Gasteiger partial charge in [0.2, 0.25) is 6.33 Å². The van der Waals surface area contributed by atoms with Crippen LogP contribution in [-0.4, -0.2) is 9.78 Å². The van der Waals surface area contributed by atoms with Gasteiger partial charge in [-0.2, -0.15) is 0 Å². The van der Waals surface area contributed by atoms with Crippen LogP contribution in [0.5, 0.6) is 0 Å². The van der Waals surface area contributed by atoms with Gasteiger partial charge in [0, 0.05) is 5.10 Å². The molecule has 2 aromatic rings. The van der Waals surface area contributed by atoms with E-state index in [1.807, 2.05) is 22.6 Å². The molecular weight excluding hydrogens is 301 g/mol. The average Bonchev–Trinajstić information content (AvgIpc) is 2.50. The van der Waals surface area contributed by atoms with Crippen LogP contribution in [-0.2, 0) is 7.05 Å². The Labute approximate surface area is 107 Å². The molecule has 1 aromatic carbocycles. The molecule has 0 fully saturated rings. The lowest BCUT2D eigenvalue weighted by Gasteiger charge is -1.98. The fourth-order valence-electron chi connectivity index (χ4n) is 1.59. The summed E-state index contributed by atoms with van der Waals surface area (Å²) < 4.78 is 3.80. The molecule has 3 nitrogen and oxygen atoms in total. The summed E-state index contributed by atoms with van der Waals surface area (Å²) in [6.07, 6.45) is 3.74. The molecule has 0 saturated heterocycles. The molecule has 0 bridgehead atoms. The molecule has 4 heteroatoms. The van der Waals surface area contributed by atoms with Crippen molar-refractivity contribution in [3.63, 3.8) is 0 Å². The van der Waals surface area contributed by atoms with E-state index < -0.39 is 0 Å². The first-order valence-corrected chi connectivity index (χ1v) is 4.64. The maximum absolute atomic E-state index is 4.25. The number of rotatable bonds is 1. The first-order valence-electron chi connectivity index (χ1n) is 4.64. The Morgan fingerprint density at radius 1 is 1.13 bits per heavy atom. The van der Waals surface area contributed by atoms with E-state index in [2.05, 4.69) is 37.1 Å². The molecule has 0 aliphatic heterocycles. The molecule has 0 amide bonds. The Morgan fingerprint density at radius 3 is 2.20 bits per heavy atom. The molecule has 15 heavy (non-hydrogen) atoms. The minimum Gasteiger partial charge on any atom is -1.00 e. The zero-order chi connectivity index (χ0) is 10.1. The van der Waals surface area contributed by atoms with Gasteiger partial charge < -0.3 is 24.0 Å². The minimum absolute atomic E-state index is 0. The van der Waals surface area contributed by atoms with E-state index >= 15 is 0 Å². The zero-order valence-corrected chi connectivity index (χ0v) is 11.3. The standard InChI is InChI=1S/C11H14N3.HI/c1-9-4-10(2)6-11(5-9)14-8-13(3)7-12-14;/h4-8H,1-3H3;1H/q+1;/p-1. The van der Waals surface area contributed by atoms with E-state index in [4.69, 9.17) is 0 Å². The van der Waals surface area contributed by atoms with Crippen molar-refractivity contribution in [1.82, 2.24) is 9.78 Å². The molecule has 0 aliphatic rings. The van der Waals surface area contributed by atoms with Crippen LogP contribution in [0.3, 0.4) is 0 Å². The van der Waals surface area contributed by atoms with Crippen molar-refractivity contribution in [2.75, 3.05) is 0 Å². The third kappa shape index (κ3) is 2.77. The lowest BCUT2D eigenvalue weighted by molar-refractivity contribution is -0.672. The normalized spacial score (nSPS) is 9.80. The van der Waals surface area contributed by atoms with E-state index in [0.717, 1.165) is 5.69 Å². The van der Waals surface area contributed by atoms with Gasteiger partial charge in [-0.15, -0.1) is 0 Å². The van der Waals surface area contributed by atoms with Gasteiger partial charge in [-0.05, 0) is 37.1 Å². The lowest BCUT2D eigenvalue weighted by Crippen LogP contribution is -3.00. The quantitative estimate of drug-likeness (QED) is 0.455. The third-order valence-corrected chi connectivity index (χ3v) is 2.12. The van der Waals surface area contributed by atoms with E-state index in [0.29, 0.717) is 0 Å². The van der Waals surface area contributed by atoms with Crippen LogP contribution < -0.4 is 28.5 Å². The van der Waals surface area contributed by atoms with Crippen molar-refractivity contribution in [1.29, 1.82) is 0 Å². The summed E-state index contributed by atoms with van der Waals surface area (Å²) in [6, 6.07) is 6.41. The van der Waals surface area contributed by atoms with Gasteiger partial charge in [-0.3, -0.25) is 0 Å². The summed E-state index contributed by atoms with van der Waals surface area (Å²) in [5.74, 6) is 0. The van der Waals surface area contributed by atoms with Crippen LogP contribution in [0.15, 0.2) is 30.9 Å².